The van der Waals surface area contributed by atoms with Crippen LogP contribution in [0.1, 0.15) is 26.5 Å². The van der Waals surface area contributed by atoms with E-state index in [0.29, 0.717) is 16.9 Å². The molecule has 0 aliphatic carbocycles. The molecule has 0 unspecified atom stereocenters. The first-order valence-electron chi connectivity index (χ1n) is 6.16. The molecule has 0 amide bonds. The maximum Gasteiger partial charge on any atom is 0.193 e. The minimum Gasteiger partial charge on any atom is -0.497 e. The van der Waals surface area contributed by atoms with E-state index < -0.39 is 0 Å². The molecule has 0 radical (unpaired) electrons. The molecule has 0 fully saturated rings. The van der Waals surface area contributed by atoms with Gasteiger partial charge in [-0.3, -0.25) is 4.79 Å². The third kappa shape index (κ3) is 2.43. The van der Waals surface area contributed by atoms with E-state index in [1.807, 2.05) is 6.07 Å². The second kappa shape index (κ2) is 4.61. The number of pyridine rings is 1. The fraction of sp³-hybridized carbons (Fsp3) is 0.400. The molecule has 102 valence electrons. The first kappa shape index (κ1) is 13.5. The zero-order valence-electron chi connectivity index (χ0n) is 12.0. The molecule has 4 heteroatoms. The summed E-state index contributed by atoms with van der Waals surface area (Å²) in [7, 11) is 3.14. The molecule has 0 bridgehead atoms. The Labute approximate surface area is 112 Å². The number of aromatic amines is 1. The van der Waals surface area contributed by atoms with Crippen molar-refractivity contribution < 1.29 is 9.47 Å². The molecule has 2 aromatic rings. The highest BCUT2D eigenvalue weighted by Gasteiger charge is 2.18. The first-order chi connectivity index (χ1) is 8.86. The Morgan fingerprint density at radius 1 is 1.05 bits per heavy atom. The van der Waals surface area contributed by atoms with Crippen LogP contribution in [0.15, 0.2) is 23.0 Å². The van der Waals surface area contributed by atoms with Crippen molar-refractivity contribution in [2.75, 3.05) is 14.2 Å². The Balaban J connectivity index is 2.84. The summed E-state index contributed by atoms with van der Waals surface area (Å²) in [6.45, 7) is 6.17. The van der Waals surface area contributed by atoms with Gasteiger partial charge in [0.05, 0.1) is 25.1 Å². The van der Waals surface area contributed by atoms with Crippen molar-refractivity contribution in [2.24, 2.45) is 0 Å². The summed E-state index contributed by atoms with van der Waals surface area (Å²) in [4.78, 5) is 15.6. The average Bonchev–Trinajstić information content (AvgIpc) is 2.35. The topological polar surface area (TPSA) is 51.3 Å². The van der Waals surface area contributed by atoms with Crippen LogP contribution in [0.2, 0.25) is 0 Å². The quantitative estimate of drug-likeness (QED) is 0.904. The minimum absolute atomic E-state index is 0.0434. The van der Waals surface area contributed by atoms with Crippen LogP contribution in [0.3, 0.4) is 0 Å². The van der Waals surface area contributed by atoms with Crippen LogP contribution in [-0.2, 0) is 5.41 Å². The normalized spacial score (nSPS) is 11.6. The Morgan fingerprint density at radius 3 is 2.26 bits per heavy atom. The summed E-state index contributed by atoms with van der Waals surface area (Å²) in [5.74, 6) is 1.18. The van der Waals surface area contributed by atoms with Crippen molar-refractivity contribution in [1.82, 2.24) is 4.98 Å². The van der Waals surface area contributed by atoms with Crippen molar-refractivity contribution in [3.63, 3.8) is 0 Å². The fourth-order valence-corrected chi connectivity index (χ4v) is 2.01. The van der Waals surface area contributed by atoms with Crippen molar-refractivity contribution in [3.8, 4) is 11.5 Å². The summed E-state index contributed by atoms with van der Waals surface area (Å²) in [5.41, 5.74) is 1.45. The van der Waals surface area contributed by atoms with Gasteiger partial charge in [0.25, 0.3) is 0 Å². The molecule has 2 rings (SSSR count). The lowest BCUT2D eigenvalue weighted by Gasteiger charge is -2.19. The number of methoxy groups -OCH3 is 2. The number of H-pyrrole nitrogens is 1. The highest BCUT2D eigenvalue weighted by molar-refractivity contribution is 5.86. The van der Waals surface area contributed by atoms with Gasteiger partial charge >= 0.3 is 0 Å². The predicted molar refractivity (Wildman–Crippen MR) is 76.4 cm³/mol. The monoisotopic (exact) mass is 261 g/mol. The van der Waals surface area contributed by atoms with E-state index in [-0.39, 0.29) is 10.8 Å². The van der Waals surface area contributed by atoms with Crippen LogP contribution >= 0.6 is 0 Å². The third-order valence-electron chi connectivity index (χ3n) is 3.13. The molecule has 0 aliphatic heterocycles. The second-order valence-electron chi connectivity index (χ2n) is 5.55. The van der Waals surface area contributed by atoms with Gasteiger partial charge in [0.15, 0.2) is 5.43 Å². The highest BCUT2D eigenvalue weighted by atomic mass is 16.5. The van der Waals surface area contributed by atoms with Crippen molar-refractivity contribution in [1.29, 1.82) is 0 Å². The standard InChI is InChI=1S/C15H19NO3/c1-15(2,3)13-8-11(17)14-10(16-13)6-9(18-4)7-12(14)19-5/h6-8H,1-5H3,(H,16,17). The van der Waals surface area contributed by atoms with Gasteiger partial charge in [-0.1, -0.05) is 20.8 Å². The van der Waals surface area contributed by atoms with Gasteiger partial charge in [0, 0.05) is 29.3 Å². The number of hydrogen-bond acceptors (Lipinski definition) is 3. The zero-order valence-corrected chi connectivity index (χ0v) is 12.0. The van der Waals surface area contributed by atoms with Gasteiger partial charge < -0.3 is 14.5 Å². The maximum absolute atomic E-state index is 12.3. The number of benzene rings is 1. The van der Waals surface area contributed by atoms with Crippen molar-refractivity contribution in [2.45, 2.75) is 26.2 Å². The molecule has 0 saturated carbocycles. The fourth-order valence-electron chi connectivity index (χ4n) is 2.01. The van der Waals surface area contributed by atoms with E-state index in [2.05, 4.69) is 25.8 Å². The van der Waals surface area contributed by atoms with Crippen LogP contribution < -0.4 is 14.9 Å². The van der Waals surface area contributed by atoms with Crippen LogP contribution in [-0.4, -0.2) is 19.2 Å². The number of ether oxygens (including phenoxy) is 2. The molecule has 1 aromatic carbocycles. The summed E-state index contributed by atoms with van der Waals surface area (Å²) in [5, 5.41) is 0.552. The molecule has 1 heterocycles. The van der Waals surface area contributed by atoms with Gasteiger partial charge in [-0.15, -0.1) is 0 Å². The molecule has 1 aromatic heterocycles. The van der Waals surface area contributed by atoms with E-state index in [0.717, 1.165) is 11.2 Å². The van der Waals surface area contributed by atoms with Gasteiger partial charge in [-0.25, -0.2) is 0 Å². The number of nitrogens with one attached hydrogen (secondary N) is 1. The Hall–Kier alpha value is -1.97. The van der Waals surface area contributed by atoms with E-state index in [4.69, 9.17) is 9.47 Å². The molecular formula is C15H19NO3. The molecule has 0 spiro atoms. The van der Waals surface area contributed by atoms with E-state index >= 15 is 0 Å². The lowest BCUT2D eigenvalue weighted by atomic mass is 9.91. The van der Waals surface area contributed by atoms with E-state index in [9.17, 15) is 4.79 Å². The summed E-state index contributed by atoms with van der Waals surface area (Å²) in [6.07, 6.45) is 0. The van der Waals surface area contributed by atoms with Crippen LogP contribution in [0.25, 0.3) is 10.9 Å². The van der Waals surface area contributed by atoms with E-state index in [1.54, 1.807) is 26.4 Å². The number of fused-ring (bicyclic) bond motifs is 1. The molecule has 0 atom stereocenters. The smallest absolute Gasteiger partial charge is 0.193 e. The SMILES string of the molecule is COc1cc(OC)c2c(=O)cc(C(C)(C)C)[nH]c2c1. The second-order valence-corrected chi connectivity index (χ2v) is 5.55. The number of aromatic nitrogens is 1. The molecule has 19 heavy (non-hydrogen) atoms. The van der Waals surface area contributed by atoms with Crippen LogP contribution in [0.4, 0.5) is 0 Å². The summed E-state index contributed by atoms with van der Waals surface area (Å²) in [6, 6.07) is 5.17. The zero-order chi connectivity index (χ0) is 14.2. The van der Waals surface area contributed by atoms with Gasteiger partial charge in [0.2, 0.25) is 0 Å². The van der Waals surface area contributed by atoms with Gasteiger partial charge in [-0.2, -0.15) is 0 Å². The van der Waals surface area contributed by atoms with E-state index in [1.165, 1.54) is 0 Å². The maximum atomic E-state index is 12.3. The highest BCUT2D eigenvalue weighted by Crippen LogP contribution is 2.29. The molecule has 4 nitrogen and oxygen atoms in total. The molecule has 0 saturated heterocycles. The Morgan fingerprint density at radius 2 is 1.74 bits per heavy atom. The Kier molecular flexibility index (Phi) is 3.27. The summed E-state index contributed by atoms with van der Waals surface area (Å²) >= 11 is 0. The van der Waals surface area contributed by atoms with Crippen LogP contribution in [0.5, 0.6) is 11.5 Å². The number of hydrogen-bond donors (Lipinski definition) is 1. The van der Waals surface area contributed by atoms with Gasteiger partial charge in [-0.05, 0) is 0 Å². The van der Waals surface area contributed by atoms with Gasteiger partial charge in [0.1, 0.15) is 11.5 Å². The summed E-state index contributed by atoms with van der Waals surface area (Å²) < 4.78 is 10.5. The molecule has 1 N–H and O–H groups in total. The third-order valence-corrected chi connectivity index (χ3v) is 3.13. The number of rotatable bonds is 2. The predicted octanol–water partition coefficient (Wildman–Crippen LogP) is 2.84. The lowest BCUT2D eigenvalue weighted by Crippen LogP contribution is -2.18. The lowest BCUT2D eigenvalue weighted by molar-refractivity contribution is 0.397. The first-order valence-corrected chi connectivity index (χ1v) is 6.16. The molecule has 0 aliphatic rings. The Bertz CT molecular complexity index is 665. The van der Waals surface area contributed by atoms with Crippen LogP contribution in [0, 0.1) is 0 Å². The van der Waals surface area contributed by atoms with Crippen molar-refractivity contribution >= 4 is 10.9 Å². The van der Waals surface area contributed by atoms with Crippen molar-refractivity contribution in [3.05, 3.63) is 34.1 Å². The average molecular weight is 261 g/mol. The largest absolute Gasteiger partial charge is 0.497 e. The molecular weight excluding hydrogens is 242 g/mol. The minimum atomic E-state index is -0.121.